The van der Waals surface area contributed by atoms with Gasteiger partial charge in [0.05, 0.1) is 29.9 Å². The molecule has 0 saturated carbocycles. The molecule has 3 aromatic heterocycles. The average molecular weight is 308 g/mol. The number of nitrogens with zero attached hydrogens (tertiary/aromatic N) is 6. The first-order valence-corrected chi connectivity index (χ1v) is 7.43. The summed E-state index contributed by atoms with van der Waals surface area (Å²) in [5, 5.41) is 0. The maximum Gasteiger partial charge on any atom is 0.258 e. The number of anilines is 1. The smallest absolute Gasteiger partial charge is 0.258 e. The standard InChI is InChI=1S/C16H16N6O/c1-9-4-5-12-14(19-9)15(18-8-17-12)22-6-11-13(7-22)20-10(2)21(3)16(11)23/h4-5,8H,6-7H2,1-3H3. The molecule has 0 spiro atoms. The predicted octanol–water partition coefficient (Wildman–Crippen LogP) is 1.26. The lowest BCUT2D eigenvalue weighted by Gasteiger charge is -2.17. The molecule has 0 fully saturated rings. The fourth-order valence-electron chi connectivity index (χ4n) is 2.93. The van der Waals surface area contributed by atoms with Gasteiger partial charge in [-0.05, 0) is 26.0 Å². The van der Waals surface area contributed by atoms with Gasteiger partial charge in [0.1, 0.15) is 17.7 Å². The third-order valence-corrected chi connectivity index (χ3v) is 4.28. The molecule has 0 aromatic carbocycles. The summed E-state index contributed by atoms with van der Waals surface area (Å²) in [7, 11) is 1.75. The largest absolute Gasteiger partial charge is 0.344 e. The van der Waals surface area contributed by atoms with E-state index >= 15 is 0 Å². The molecule has 7 nitrogen and oxygen atoms in total. The molecule has 4 heterocycles. The summed E-state index contributed by atoms with van der Waals surface area (Å²) in [5.74, 6) is 1.47. The summed E-state index contributed by atoms with van der Waals surface area (Å²) in [6.07, 6.45) is 1.54. The van der Waals surface area contributed by atoms with E-state index in [1.165, 1.54) is 6.33 Å². The molecular weight excluding hydrogens is 292 g/mol. The van der Waals surface area contributed by atoms with Crippen LogP contribution in [-0.2, 0) is 20.1 Å². The van der Waals surface area contributed by atoms with Crippen LogP contribution < -0.4 is 10.5 Å². The molecule has 0 amide bonds. The minimum Gasteiger partial charge on any atom is -0.344 e. The minimum absolute atomic E-state index is 0.0116. The first kappa shape index (κ1) is 13.8. The van der Waals surface area contributed by atoms with Crippen LogP contribution in [0.1, 0.15) is 22.8 Å². The van der Waals surface area contributed by atoms with E-state index in [1.54, 1.807) is 11.6 Å². The summed E-state index contributed by atoms with van der Waals surface area (Å²) in [4.78, 5) is 32.2. The summed E-state index contributed by atoms with van der Waals surface area (Å²) in [6, 6.07) is 3.87. The Morgan fingerprint density at radius 2 is 1.91 bits per heavy atom. The number of fused-ring (bicyclic) bond motifs is 2. The molecule has 0 bridgehead atoms. The molecule has 0 N–H and O–H groups in total. The first-order chi connectivity index (χ1) is 11.0. The highest BCUT2D eigenvalue weighted by Crippen LogP contribution is 2.28. The minimum atomic E-state index is 0.0116. The Bertz CT molecular complexity index is 994. The Hall–Kier alpha value is -2.83. The maximum atomic E-state index is 12.4. The Balaban J connectivity index is 1.84. The maximum absolute atomic E-state index is 12.4. The lowest BCUT2D eigenvalue weighted by Crippen LogP contribution is -2.25. The fourth-order valence-corrected chi connectivity index (χ4v) is 2.93. The van der Waals surface area contributed by atoms with Crippen LogP contribution in [0.25, 0.3) is 11.0 Å². The normalized spacial score (nSPS) is 13.6. The highest BCUT2D eigenvalue weighted by Gasteiger charge is 2.27. The van der Waals surface area contributed by atoms with Gasteiger partial charge in [-0.2, -0.15) is 0 Å². The van der Waals surface area contributed by atoms with Crippen LogP contribution in [0, 0.1) is 13.8 Å². The first-order valence-electron chi connectivity index (χ1n) is 7.43. The quantitative estimate of drug-likeness (QED) is 0.673. The van der Waals surface area contributed by atoms with Crippen LogP contribution in [0.15, 0.2) is 23.3 Å². The number of aryl methyl sites for hydroxylation is 2. The van der Waals surface area contributed by atoms with E-state index in [4.69, 9.17) is 0 Å². The van der Waals surface area contributed by atoms with Crippen molar-refractivity contribution in [3.05, 3.63) is 51.6 Å². The van der Waals surface area contributed by atoms with E-state index in [9.17, 15) is 4.79 Å². The van der Waals surface area contributed by atoms with Crippen LogP contribution in [0.4, 0.5) is 5.82 Å². The average Bonchev–Trinajstić information content (AvgIpc) is 2.96. The predicted molar refractivity (Wildman–Crippen MR) is 86.2 cm³/mol. The Morgan fingerprint density at radius 1 is 1.09 bits per heavy atom. The Labute approximate surface area is 132 Å². The van der Waals surface area contributed by atoms with Gasteiger partial charge in [0, 0.05) is 12.7 Å². The van der Waals surface area contributed by atoms with E-state index in [2.05, 4.69) is 19.9 Å². The van der Waals surface area contributed by atoms with Crippen molar-refractivity contribution < 1.29 is 0 Å². The number of hydrogen-bond donors (Lipinski definition) is 0. The van der Waals surface area contributed by atoms with Gasteiger partial charge in [0.25, 0.3) is 5.56 Å². The zero-order valence-corrected chi connectivity index (χ0v) is 13.2. The molecule has 1 aliphatic rings. The second-order valence-electron chi connectivity index (χ2n) is 5.82. The zero-order chi connectivity index (χ0) is 16.1. The molecule has 3 aromatic rings. The van der Waals surface area contributed by atoms with Crippen LogP contribution in [0.3, 0.4) is 0 Å². The van der Waals surface area contributed by atoms with E-state index in [1.807, 2.05) is 30.9 Å². The van der Waals surface area contributed by atoms with Crippen molar-refractivity contribution in [3.8, 4) is 0 Å². The molecule has 23 heavy (non-hydrogen) atoms. The third-order valence-electron chi connectivity index (χ3n) is 4.28. The third kappa shape index (κ3) is 2.08. The van der Waals surface area contributed by atoms with Crippen molar-refractivity contribution in [1.29, 1.82) is 0 Å². The van der Waals surface area contributed by atoms with Crippen LogP contribution in [0.2, 0.25) is 0 Å². The van der Waals surface area contributed by atoms with Gasteiger partial charge in [-0.3, -0.25) is 9.36 Å². The van der Waals surface area contributed by atoms with E-state index < -0.39 is 0 Å². The molecule has 116 valence electrons. The highest BCUT2D eigenvalue weighted by atomic mass is 16.1. The second kappa shape index (κ2) is 4.84. The SMILES string of the molecule is Cc1ccc2ncnc(N3Cc4nc(C)n(C)c(=O)c4C3)c2n1. The van der Waals surface area contributed by atoms with Crippen molar-refractivity contribution in [2.24, 2.45) is 7.05 Å². The topological polar surface area (TPSA) is 76.8 Å². The van der Waals surface area contributed by atoms with E-state index in [0.29, 0.717) is 13.1 Å². The van der Waals surface area contributed by atoms with Gasteiger partial charge in [0.2, 0.25) is 0 Å². The van der Waals surface area contributed by atoms with Crippen LogP contribution in [-0.4, -0.2) is 24.5 Å². The molecule has 0 saturated heterocycles. The Morgan fingerprint density at radius 3 is 2.74 bits per heavy atom. The fraction of sp³-hybridized carbons (Fsp3) is 0.312. The van der Waals surface area contributed by atoms with Crippen molar-refractivity contribution in [2.45, 2.75) is 26.9 Å². The number of pyridine rings is 1. The summed E-state index contributed by atoms with van der Waals surface area (Å²) >= 11 is 0. The molecule has 4 rings (SSSR count). The van der Waals surface area contributed by atoms with Crippen molar-refractivity contribution in [1.82, 2.24) is 24.5 Å². The molecule has 1 aliphatic heterocycles. The number of hydrogen-bond acceptors (Lipinski definition) is 6. The monoisotopic (exact) mass is 308 g/mol. The van der Waals surface area contributed by atoms with E-state index in [-0.39, 0.29) is 5.56 Å². The summed E-state index contributed by atoms with van der Waals surface area (Å²) in [5.41, 5.74) is 4.04. The van der Waals surface area contributed by atoms with Crippen LogP contribution in [0.5, 0.6) is 0 Å². The number of aromatic nitrogens is 5. The Kier molecular flexibility index (Phi) is 2.90. The van der Waals surface area contributed by atoms with Gasteiger partial charge < -0.3 is 4.90 Å². The van der Waals surface area contributed by atoms with Gasteiger partial charge in [-0.1, -0.05) is 0 Å². The van der Waals surface area contributed by atoms with Crippen molar-refractivity contribution in [3.63, 3.8) is 0 Å². The zero-order valence-electron chi connectivity index (χ0n) is 13.2. The lowest BCUT2D eigenvalue weighted by molar-refractivity contribution is 0.754. The second-order valence-corrected chi connectivity index (χ2v) is 5.82. The van der Waals surface area contributed by atoms with Crippen LogP contribution >= 0.6 is 0 Å². The number of rotatable bonds is 1. The van der Waals surface area contributed by atoms with Gasteiger partial charge in [-0.25, -0.2) is 19.9 Å². The molecular formula is C16H16N6O. The van der Waals surface area contributed by atoms with Gasteiger partial charge >= 0.3 is 0 Å². The van der Waals surface area contributed by atoms with E-state index in [0.717, 1.165) is 39.6 Å². The summed E-state index contributed by atoms with van der Waals surface area (Å²) in [6.45, 7) is 4.84. The highest BCUT2D eigenvalue weighted by molar-refractivity contribution is 5.85. The molecule has 0 aliphatic carbocycles. The molecule has 0 atom stereocenters. The molecule has 0 unspecified atom stereocenters. The lowest BCUT2D eigenvalue weighted by atomic mass is 10.2. The van der Waals surface area contributed by atoms with Gasteiger partial charge in [-0.15, -0.1) is 0 Å². The van der Waals surface area contributed by atoms with Crippen molar-refractivity contribution >= 4 is 16.9 Å². The molecule has 7 heteroatoms. The molecule has 0 radical (unpaired) electrons. The van der Waals surface area contributed by atoms with Gasteiger partial charge in [0.15, 0.2) is 5.82 Å². The summed E-state index contributed by atoms with van der Waals surface area (Å²) < 4.78 is 1.59. The van der Waals surface area contributed by atoms with Crippen molar-refractivity contribution in [2.75, 3.05) is 4.90 Å².